The van der Waals surface area contributed by atoms with Crippen molar-refractivity contribution < 1.29 is 13.2 Å². The summed E-state index contributed by atoms with van der Waals surface area (Å²) in [4.78, 5) is 2.03. The van der Waals surface area contributed by atoms with Gasteiger partial charge in [-0.1, -0.05) is 6.08 Å². The fraction of sp³-hybridized carbons (Fsp3) is 0.600. The van der Waals surface area contributed by atoms with E-state index in [9.17, 15) is 13.2 Å². The summed E-state index contributed by atoms with van der Waals surface area (Å²) in [5, 5.41) is 0. The molecule has 0 spiro atoms. The number of nitrogens with zero attached hydrogens (tertiary/aromatic N) is 1. The van der Waals surface area contributed by atoms with Gasteiger partial charge in [-0.15, -0.1) is 0 Å². The number of piperidine rings is 1. The maximum absolute atomic E-state index is 12.4. The number of fused-ring (bicyclic) bond motifs is 1. The van der Waals surface area contributed by atoms with Gasteiger partial charge in [0.1, 0.15) is 0 Å². The Bertz CT molecular complexity index is 288. The van der Waals surface area contributed by atoms with Crippen LogP contribution in [0.3, 0.4) is 0 Å². The summed E-state index contributed by atoms with van der Waals surface area (Å²) in [5.41, 5.74) is 0.372. The first-order valence-corrected chi connectivity index (χ1v) is 4.80. The zero-order valence-corrected chi connectivity index (χ0v) is 7.77. The van der Waals surface area contributed by atoms with E-state index in [4.69, 9.17) is 0 Å². The van der Waals surface area contributed by atoms with Crippen LogP contribution >= 0.6 is 0 Å². The summed E-state index contributed by atoms with van der Waals surface area (Å²) in [6.07, 6.45) is 1.27. The van der Waals surface area contributed by atoms with Gasteiger partial charge in [-0.2, -0.15) is 13.2 Å². The van der Waals surface area contributed by atoms with Gasteiger partial charge in [0.25, 0.3) is 0 Å². The van der Waals surface area contributed by atoms with Crippen LogP contribution in [0.15, 0.2) is 23.4 Å². The van der Waals surface area contributed by atoms with Crippen LogP contribution in [0.4, 0.5) is 13.2 Å². The normalized spacial score (nSPS) is 22.6. The molecule has 1 nitrogen and oxygen atoms in total. The van der Waals surface area contributed by atoms with Gasteiger partial charge < -0.3 is 4.90 Å². The van der Waals surface area contributed by atoms with E-state index in [1.165, 1.54) is 12.2 Å². The number of hydrogen-bond donors (Lipinski definition) is 0. The van der Waals surface area contributed by atoms with Gasteiger partial charge in [0, 0.05) is 18.8 Å². The Labute approximate surface area is 80.9 Å². The molecule has 14 heavy (non-hydrogen) atoms. The quantitative estimate of drug-likeness (QED) is 0.585. The van der Waals surface area contributed by atoms with Crippen molar-refractivity contribution in [2.75, 3.05) is 13.1 Å². The minimum Gasteiger partial charge on any atom is -0.371 e. The third-order valence-corrected chi connectivity index (χ3v) is 2.70. The summed E-state index contributed by atoms with van der Waals surface area (Å²) >= 11 is 0. The summed E-state index contributed by atoms with van der Waals surface area (Å²) in [6, 6.07) is 0. The molecule has 0 amide bonds. The summed E-state index contributed by atoms with van der Waals surface area (Å²) in [7, 11) is 0. The van der Waals surface area contributed by atoms with E-state index in [0.29, 0.717) is 6.54 Å². The van der Waals surface area contributed by atoms with Gasteiger partial charge in [-0.25, -0.2) is 0 Å². The van der Waals surface area contributed by atoms with E-state index in [1.54, 1.807) is 0 Å². The molecule has 0 aromatic rings. The molecule has 4 heteroatoms. The molecule has 0 aromatic heterocycles. The molecule has 2 rings (SSSR count). The van der Waals surface area contributed by atoms with Gasteiger partial charge >= 0.3 is 6.18 Å². The maximum atomic E-state index is 12.4. The van der Waals surface area contributed by atoms with Crippen LogP contribution in [0.5, 0.6) is 0 Å². The molecule has 2 aliphatic heterocycles. The van der Waals surface area contributed by atoms with Crippen molar-refractivity contribution in [3.05, 3.63) is 23.4 Å². The van der Waals surface area contributed by atoms with E-state index in [0.717, 1.165) is 31.5 Å². The third-order valence-electron chi connectivity index (χ3n) is 2.70. The fourth-order valence-corrected chi connectivity index (χ4v) is 1.93. The lowest BCUT2D eigenvalue weighted by Crippen LogP contribution is -2.32. The highest BCUT2D eigenvalue weighted by molar-refractivity contribution is 5.32. The molecule has 0 saturated carbocycles. The van der Waals surface area contributed by atoms with Gasteiger partial charge in [0.2, 0.25) is 0 Å². The van der Waals surface area contributed by atoms with E-state index in [-0.39, 0.29) is 0 Å². The van der Waals surface area contributed by atoms with Crippen LogP contribution in [-0.4, -0.2) is 24.2 Å². The van der Waals surface area contributed by atoms with Crippen LogP contribution in [0, 0.1) is 0 Å². The highest BCUT2D eigenvalue weighted by atomic mass is 19.4. The van der Waals surface area contributed by atoms with E-state index < -0.39 is 11.7 Å². The lowest BCUT2D eigenvalue weighted by atomic mass is 10.0. The van der Waals surface area contributed by atoms with Crippen molar-refractivity contribution in [1.82, 2.24) is 4.90 Å². The number of rotatable bonds is 0. The molecular formula is C10H12F3N. The summed E-state index contributed by atoms with van der Waals surface area (Å²) < 4.78 is 37.1. The third kappa shape index (κ3) is 1.79. The molecule has 1 fully saturated rings. The van der Waals surface area contributed by atoms with Crippen molar-refractivity contribution in [3.63, 3.8) is 0 Å². The average molecular weight is 203 g/mol. The first-order valence-electron chi connectivity index (χ1n) is 4.80. The maximum Gasteiger partial charge on any atom is 0.416 e. The van der Waals surface area contributed by atoms with E-state index in [1.807, 2.05) is 4.90 Å². The molecule has 0 unspecified atom stereocenters. The molecule has 0 atom stereocenters. The van der Waals surface area contributed by atoms with Gasteiger partial charge in [0.05, 0.1) is 5.57 Å². The number of halogens is 3. The van der Waals surface area contributed by atoms with E-state index >= 15 is 0 Å². The molecular weight excluding hydrogens is 191 g/mol. The second-order valence-electron chi connectivity index (χ2n) is 3.70. The lowest BCUT2D eigenvalue weighted by molar-refractivity contribution is -0.0891. The molecule has 0 N–H and O–H groups in total. The minimum absolute atomic E-state index is 0.417. The van der Waals surface area contributed by atoms with Crippen LogP contribution in [0.25, 0.3) is 0 Å². The summed E-state index contributed by atoms with van der Waals surface area (Å²) in [5.74, 6) is 0. The molecule has 0 aromatic carbocycles. The Balaban J connectivity index is 2.18. The highest BCUT2D eigenvalue weighted by Gasteiger charge is 2.34. The van der Waals surface area contributed by atoms with Gasteiger partial charge in [-0.3, -0.25) is 0 Å². The average Bonchev–Trinajstić information content (AvgIpc) is 2.16. The first kappa shape index (κ1) is 9.62. The van der Waals surface area contributed by atoms with E-state index in [2.05, 4.69) is 0 Å². The van der Waals surface area contributed by atoms with Crippen LogP contribution in [-0.2, 0) is 0 Å². The molecule has 0 aliphatic carbocycles. The molecule has 78 valence electrons. The molecule has 0 radical (unpaired) electrons. The zero-order valence-electron chi connectivity index (χ0n) is 7.77. The number of allylic oxidation sites excluding steroid dienone is 3. The number of hydrogen-bond acceptors (Lipinski definition) is 1. The smallest absolute Gasteiger partial charge is 0.371 e. The Morgan fingerprint density at radius 1 is 1.21 bits per heavy atom. The highest BCUT2D eigenvalue weighted by Crippen LogP contribution is 2.33. The van der Waals surface area contributed by atoms with Gasteiger partial charge in [-0.05, 0) is 25.3 Å². The first-order chi connectivity index (χ1) is 6.57. The Morgan fingerprint density at radius 3 is 2.71 bits per heavy atom. The zero-order chi connectivity index (χ0) is 10.2. The SMILES string of the molecule is FC(F)(F)C1=CCN2CCCCC2=C1. The summed E-state index contributed by atoms with van der Waals surface area (Å²) in [6.45, 7) is 1.31. The molecule has 0 bridgehead atoms. The second-order valence-corrected chi connectivity index (χ2v) is 3.70. The van der Waals surface area contributed by atoms with Crippen molar-refractivity contribution in [2.45, 2.75) is 25.4 Å². The second kappa shape index (κ2) is 3.33. The Kier molecular flexibility index (Phi) is 2.29. The number of alkyl halides is 3. The largest absolute Gasteiger partial charge is 0.416 e. The van der Waals surface area contributed by atoms with Crippen molar-refractivity contribution >= 4 is 0 Å². The van der Waals surface area contributed by atoms with Crippen molar-refractivity contribution in [3.8, 4) is 0 Å². The van der Waals surface area contributed by atoms with Gasteiger partial charge in [0.15, 0.2) is 0 Å². The lowest BCUT2D eigenvalue weighted by Gasteiger charge is -2.34. The fourth-order valence-electron chi connectivity index (χ4n) is 1.93. The topological polar surface area (TPSA) is 3.24 Å². The monoisotopic (exact) mass is 203 g/mol. The molecule has 1 saturated heterocycles. The predicted octanol–water partition coefficient (Wildman–Crippen LogP) is 2.86. The van der Waals surface area contributed by atoms with Crippen molar-refractivity contribution in [1.29, 1.82) is 0 Å². The molecule has 2 aliphatic rings. The van der Waals surface area contributed by atoms with Crippen molar-refractivity contribution in [2.24, 2.45) is 0 Å². The predicted molar refractivity (Wildman–Crippen MR) is 47.6 cm³/mol. The standard InChI is InChI=1S/C10H12F3N/c11-10(12,13)8-4-6-14-5-2-1-3-9(14)7-8/h4,7H,1-3,5-6H2. The van der Waals surface area contributed by atoms with Crippen LogP contribution < -0.4 is 0 Å². The van der Waals surface area contributed by atoms with Crippen LogP contribution in [0.2, 0.25) is 0 Å². The van der Waals surface area contributed by atoms with Crippen LogP contribution in [0.1, 0.15) is 19.3 Å². The minimum atomic E-state index is -4.18. The Morgan fingerprint density at radius 2 is 2.00 bits per heavy atom. The Hall–Kier alpha value is -0.930. The molecule has 2 heterocycles.